The Morgan fingerprint density at radius 1 is 1.46 bits per heavy atom. The zero-order chi connectivity index (χ0) is 17.9. The summed E-state index contributed by atoms with van der Waals surface area (Å²) >= 11 is 7.31. The second-order valence-corrected chi connectivity index (χ2v) is 6.95. The number of imide groups is 1. The maximum absolute atomic E-state index is 12.3. The van der Waals surface area contributed by atoms with Gasteiger partial charge in [0.15, 0.2) is 0 Å². The summed E-state index contributed by atoms with van der Waals surface area (Å²) in [6.45, 7) is 2.82. The topological polar surface area (TPSA) is 60.7 Å². The molecular formula is C16H17ClN3O3S+. The van der Waals surface area contributed by atoms with Crippen molar-refractivity contribution in [1.82, 2.24) is 9.80 Å². The molecule has 0 radical (unpaired) electrons. The Balaban J connectivity index is 2.21. The van der Waals surface area contributed by atoms with Crippen LogP contribution in [0.2, 0.25) is 4.34 Å². The van der Waals surface area contributed by atoms with E-state index in [0.29, 0.717) is 17.4 Å². The van der Waals surface area contributed by atoms with E-state index < -0.39 is 11.9 Å². The molecule has 8 heteroatoms. The third-order valence-corrected chi connectivity index (χ3v) is 4.68. The molecule has 1 aromatic heterocycles. The number of carbonyl (C=O) groups is 3. The van der Waals surface area contributed by atoms with Crippen LogP contribution in [-0.2, 0) is 16.1 Å². The molecule has 0 unspecified atom stereocenters. The monoisotopic (exact) mass is 366 g/mol. The van der Waals surface area contributed by atoms with Gasteiger partial charge in [-0.05, 0) is 19.1 Å². The summed E-state index contributed by atoms with van der Waals surface area (Å²) in [7, 11) is 2.92. The van der Waals surface area contributed by atoms with Gasteiger partial charge in [0.25, 0.3) is 5.91 Å². The molecule has 1 aliphatic heterocycles. The van der Waals surface area contributed by atoms with E-state index in [4.69, 9.17) is 11.6 Å². The van der Waals surface area contributed by atoms with Crippen molar-refractivity contribution >= 4 is 47.0 Å². The number of nitrogens with zero attached hydrogens (tertiary/aromatic N) is 3. The van der Waals surface area contributed by atoms with E-state index in [1.165, 1.54) is 42.3 Å². The third-order valence-electron chi connectivity index (χ3n) is 3.47. The predicted molar refractivity (Wildman–Crippen MR) is 92.4 cm³/mol. The Labute approximate surface area is 148 Å². The lowest BCUT2D eigenvalue weighted by Crippen LogP contribution is -2.44. The minimum Gasteiger partial charge on any atom is -0.334 e. The maximum Gasteiger partial charge on any atom is 0.500 e. The number of likely N-dealkylation sites (N-methyl/N-ethyl adjacent to an activating group) is 2. The fraction of sp³-hybridized carbons (Fsp3) is 0.312. The van der Waals surface area contributed by atoms with Crippen LogP contribution in [0.3, 0.4) is 0 Å². The Kier molecular flexibility index (Phi) is 5.72. The summed E-state index contributed by atoms with van der Waals surface area (Å²) in [5.74, 6) is -0.756. The molecule has 0 atom stereocenters. The molecule has 126 valence electrons. The summed E-state index contributed by atoms with van der Waals surface area (Å²) in [4.78, 5) is 39.5. The van der Waals surface area contributed by atoms with Crippen molar-refractivity contribution in [1.29, 1.82) is 0 Å². The number of amides is 4. The molecule has 4 amide bonds. The van der Waals surface area contributed by atoms with E-state index in [2.05, 4.69) is 5.73 Å². The highest BCUT2D eigenvalue weighted by Crippen LogP contribution is 2.22. The first kappa shape index (κ1) is 18.1. The van der Waals surface area contributed by atoms with Crippen molar-refractivity contribution in [3.05, 3.63) is 38.7 Å². The van der Waals surface area contributed by atoms with Gasteiger partial charge in [0.05, 0.1) is 25.0 Å². The van der Waals surface area contributed by atoms with Crippen LogP contribution < -0.4 is 0 Å². The van der Waals surface area contributed by atoms with Gasteiger partial charge in [-0.2, -0.15) is 14.3 Å². The third kappa shape index (κ3) is 4.00. The smallest absolute Gasteiger partial charge is 0.334 e. The Hall–Kier alpha value is -2.21. The number of hydrogen-bond donors (Lipinski definition) is 0. The van der Waals surface area contributed by atoms with E-state index in [1.54, 1.807) is 11.0 Å². The fourth-order valence-corrected chi connectivity index (χ4v) is 3.21. The molecule has 0 bridgehead atoms. The van der Waals surface area contributed by atoms with Crippen molar-refractivity contribution in [2.45, 2.75) is 13.5 Å². The highest BCUT2D eigenvalue weighted by atomic mass is 35.5. The second kappa shape index (κ2) is 7.57. The van der Waals surface area contributed by atoms with Gasteiger partial charge in [-0.25, -0.2) is 4.79 Å². The lowest BCUT2D eigenvalue weighted by atomic mass is 10.2. The quantitative estimate of drug-likeness (QED) is 0.466. The number of rotatable bonds is 4. The second-order valence-electron chi connectivity index (χ2n) is 5.15. The largest absolute Gasteiger partial charge is 0.500 e. The molecule has 0 saturated heterocycles. The van der Waals surface area contributed by atoms with Crippen molar-refractivity contribution in [2.75, 3.05) is 20.6 Å². The van der Waals surface area contributed by atoms with E-state index >= 15 is 0 Å². The molecule has 0 N–H and O–H groups in total. The zero-order valence-electron chi connectivity index (χ0n) is 13.6. The lowest BCUT2D eigenvalue weighted by molar-refractivity contribution is -0.397. The van der Waals surface area contributed by atoms with Gasteiger partial charge in [-0.15, -0.1) is 11.3 Å². The van der Waals surface area contributed by atoms with Gasteiger partial charge in [0.2, 0.25) is 0 Å². The molecule has 1 aromatic rings. The van der Waals surface area contributed by atoms with Crippen LogP contribution in [0.25, 0.3) is 0 Å². The van der Waals surface area contributed by atoms with Gasteiger partial charge in [0.1, 0.15) is 11.8 Å². The molecule has 0 saturated carbocycles. The zero-order valence-corrected chi connectivity index (χ0v) is 15.1. The number of thiophene rings is 1. The van der Waals surface area contributed by atoms with Crippen LogP contribution in [-0.4, -0.2) is 59.1 Å². The van der Waals surface area contributed by atoms with Crippen LogP contribution in [0.1, 0.15) is 11.8 Å². The minimum absolute atomic E-state index is 0.156. The standard InChI is InChI=1S/C16H17ClN3O3S/c1-4-20(10-12-6-7-13(17)24-12)14(21)8-5-11-9-18(2)16(23)19(3)15(11)22/h6-9H,4,10H2,1-3H3/q+1. The SMILES string of the molecule is CCN(Cc1ccc(Cl)s1)C(=O)C=C=C1C=[N+](C)C(=O)N(C)C1=O. The Morgan fingerprint density at radius 2 is 2.17 bits per heavy atom. The molecule has 0 aromatic carbocycles. The summed E-state index contributed by atoms with van der Waals surface area (Å²) in [5, 5.41) is 0. The number of halogens is 1. The van der Waals surface area contributed by atoms with Crippen molar-refractivity contribution in [3.8, 4) is 0 Å². The van der Waals surface area contributed by atoms with Crippen LogP contribution in [0.15, 0.2) is 29.5 Å². The number of urea groups is 1. The van der Waals surface area contributed by atoms with Crippen LogP contribution in [0.5, 0.6) is 0 Å². The fourth-order valence-electron chi connectivity index (χ4n) is 2.11. The molecule has 0 aliphatic carbocycles. The summed E-state index contributed by atoms with van der Waals surface area (Å²) in [6, 6.07) is 3.23. The van der Waals surface area contributed by atoms with Gasteiger partial charge in [-0.1, -0.05) is 17.3 Å². The summed E-state index contributed by atoms with van der Waals surface area (Å²) < 4.78 is 1.94. The van der Waals surface area contributed by atoms with Crippen LogP contribution >= 0.6 is 22.9 Å². The van der Waals surface area contributed by atoms with Gasteiger partial charge in [-0.3, -0.25) is 4.79 Å². The van der Waals surface area contributed by atoms with Crippen molar-refractivity contribution < 1.29 is 19.0 Å². The van der Waals surface area contributed by atoms with Crippen molar-refractivity contribution in [2.24, 2.45) is 0 Å². The first-order chi connectivity index (χ1) is 11.3. The first-order valence-corrected chi connectivity index (χ1v) is 8.42. The summed E-state index contributed by atoms with van der Waals surface area (Å²) in [5.41, 5.74) is 2.85. The van der Waals surface area contributed by atoms with Crippen molar-refractivity contribution in [3.63, 3.8) is 0 Å². The maximum atomic E-state index is 12.3. The van der Waals surface area contributed by atoms with Crippen LogP contribution in [0, 0.1) is 0 Å². The Morgan fingerprint density at radius 3 is 2.75 bits per heavy atom. The molecule has 6 nitrogen and oxygen atoms in total. The van der Waals surface area contributed by atoms with Gasteiger partial charge >= 0.3 is 11.9 Å². The molecule has 1 aliphatic rings. The molecule has 24 heavy (non-hydrogen) atoms. The normalized spacial score (nSPS) is 14.4. The molecule has 0 fully saturated rings. The van der Waals surface area contributed by atoms with E-state index in [9.17, 15) is 14.4 Å². The molecule has 0 spiro atoms. The van der Waals surface area contributed by atoms with Gasteiger partial charge < -0.3 is 4.90 Å². The first-order valence-electron chi connectivity index (χ1n) is 7.23. The number of hydrogen-bond acceptors (Lipinski definition) is 4. The average Bonchev–Trinajstić information content (AvgIpc) is 2.97. The summed E-state index contributed by atoms with van der Waals surface area (Å²) in [6.07, 6.45) is 2.59. The van der Waals surface area contributed by atoms with E-state index in [0.717, 1.165) is 9.78 Å². The molecular weight excluding hydrogens is 350 g/mol. The Bertz CT molecular complexity index is 790. The minimum atomic E-state index is -0.491. The molecule has 2 rings (SSSR count). The number of carbonyl (C=O) groups excluding carboxylic acids is 3. The van der Waals surface area contributed by atoms with Gasteiger partial charge in [0, 0.05) is 17.5 Å². The van der Waals surface area contributed by atoms with E-state index in [-0.39, 0.29) is 11.5 Å². The molecule has 2 heterocycles. The van der Waals surface area contributed by atoms with E-state index in [1.807, 2.05) is 13.0 Å². The predicted octanol–water partition coefficient (Wildman–Crippen LogP) is 2.14. The highest BCUT2D eigenvalue weighted by molar-refractivity contribution is 7.16. The van der Waals surface area contributed by atoms with Crippen LogP contribution in [0.4, 0.5) is 4.79 Å². The highest BCUT2D eigenvalue weighted by Gasteiger charge is 2.35. The average molecular weight is 367 g/mol. The lowest BCUT2D eigenvalue weighted by Gasteiger charge is -2.17.